The summed E-state index contributed by atoms with van der Waals surface area (Å²) in [6.07, 6.45) is -4.73. The van der Waals surface area contributed by atoms with E-state index in [1.54, 1.807) is 13.0 Å². The van der Waals surface area contributed by atoms with Gasteiger partial charge in [-0.1, -0.05) is 23.4 Å². The molecular weight excluding hydrogens is 532 g/mol. The second kappa shape index (κ2) is 10.6. The summed E-state index contributed by atoms with van der Waals surface area (Å²) >= 11 is 7.02. The van der Waals surface area contributed by atoms with Gasteiger partial charge in [0.25, 0.3) is 5.56 Å². The van der Waals surface area contributed by atoms with Crippen LogP contribution in [0.15, 0.2) is 55.9 Å². The molecule has 0 radical (unpaired) electrons. The molecule has 0 aliphatic heterocycles. The number of benzene rings is 1. The molecule has 0 saturated heterocycles. The Labute approximate surface area is 209 Å². The smallest absolute Gasteiger partial charge is 0.433 e. The summed E-state index contributed by atoms with van der Waals surface area (Å²) in [6.45, 7) is 3.21. The summed E-state index contributed by atoms with van der Waals surface area (Å²) in [7, 11) is 0. The molecule has 192 valence electrons. The van der Waals surface area contributed by atoms with Crippen LogP contribution in [-0.2, 0) is 15.7 Å². The maximum absolute atomic E-state index is 14.7. The van der Waals surface area contributed by atoms with Crippen molar-refractivity contribution in [1.82, 2.24) is 14.2 Å². The van der Waals surface area contributed by atoms with Crippen LogP contribution < -0.4 is 21.8 Å². The summed E-state index contributed by atoms with van der Waals surface area (Å²) in [5, 5.41) is -0.150. The van der Waals surface area contributed by atoms with Crippen LogP contribution in [-0.4, -0.2) is 32.9 Å². The predicted molar refractivity (Wildman–Crippen MR) is 122 cm³/mol. The molecule has 2 heterocycles. The second-order valence-electron chi connectivity index (χ2n) is 7.01. The van der Waals surface area contributed by atoms with Crippen molar-refractivity contribution in [3.8, 4) is 11.6 Å². The van der Waals surface area contributed by atoms with Gasteiger partial charge in [-0.25, -0.2) is 28.2 Å². The Kier molecular flexibility index (Phi) is 7.99. The Morgan fingerprint density at radius 3 is 2.58 bits per heavy atom. The summed E-state index contributed by atoms with van der Waals surface area (Å²) in [5.41, 5.74) is -5.47. The Hall–Kier alpha value is -3.52. The third-order valence-corrected chi connectivity index (χ3v) is 6.05. The van der Waals surface area contributed by atoms with E-state index in [1.807, 2.05) is 0 Å². The number of hydrogen-bond acceptors (Lipinski definition) is 8. The van der Waals surface area contributed by atoms with Crippen LogP contribution in [0.5, 0.6) is 5.88 Å². The third kappa shape index (κ3) is 5.65. The summed E-state index contributed by atoms with van der Waals surface area (Å²) < 4.78 is 64.2. The highest BCUT2D eigenvalue weighted by molar-refractivity contribution is 7.99. The van der Waals surface area contributed by atoms with Gasteiger partial charge in [0.1, 0.15) is 5.82 Å². The molecular formula is C21H17ClF4N4O5S. The van der Waals surface area contributed by atoms with E-state index < -0.39 is 46.7 Å². The molecule has 9 nitrogen and oxygen atoms in total. The van der Waals surface area contributed by atoms with Crippen molar-refractivity contribution in [1.29, 1.82) is 0 Å². The number of nitrogen functional groups attached to an aromatic ring is 1. The van der Waals surface area contributed by atoms with Gasteiger partial charge in [-0.2, -0.15) is 13.2 Å². The lowest BCUT2D eigenvalue weighted by Crippen LogP contribution is -2.45. The lowest BCUT2D eigenvalue weighted by molar-refractivity contribution is -0.150. The second-order valence-corrected chi connectivity index (χ2v) is 8.50. The van der Waals surface area contributed by atoms with E-state index in [4.69, 9.17) is 26.9 Å². The SMILES string of the molecule is CCOC(=O)C(C)Oc1ncccc1Sc1cc(-n2c(=O)cc(C(F)(F)F)n(N)c2=O)c(F)cc1Cl. The van der Waals surface area contributed by atoms with E-state index in [0.717, 1.165) is 23.9 Å². The number of rotatable bonds is 7. The molecule has 0 saturated carbocycles. The molecule has 2 N–H and O–H groups in total. The Morgan fingerprint density at radius 2 is 1.94 bits per heavy atom. The fourth-order valence-corrected chi connectivity index (χ4v) is 4.06. The first-order chi connectivity index (χ1) is 16.8. The quantitative estimate of drug-likeness (QED) is 0.271. The molecule has 0 aliphatic rings. The zero-order chi connectivity index (χ0) is 26.8. The summed E-state index contributed by atoms with van der Waals surface area (Å²) in [6, 6.07) is 4.93. The molecule has 1 aromatic carbocycles. The number of esters is 1. The van der Waals surface area contributed by atoms with E-state index in [-0.39, 0.29) is 37.7 Å². The number of alkyl halides is 3. The van der Waals surface area contributed by atoms with E-state index in [2.05, 4.69) is 4.98 Å². The van der Waals surface area contributed by atoms with Gasteiger partial charge in [-0.3, -0.25) is 4.79 Å². The minimum Gasteiger partial charge on any atom is -0.463 e. The first-order valence-corrected chi connectivity index (χ1v) is 11.2. The minimum absolute atomic E-state index is 0.000931. The fourth-order valence-electron chi connectivity index (χ4n) is 2.90. The number of hydrogen-bond donors (Lipinski definition) is 1. The summed E-state index contributed by atoms with van der Waals surface area (Å²) in [5.74, 6) is 3.44. The highest BCUT2D eigenvalue weighted by Crippen LogP contribution is 2.39. The van der Waals surface area contributed by atoms with Gasteiger partial charge >= 0.3 is 17.8 Å². The van der Waals surface area contributed by atoms with Gasteiger partial charge in [0.15, 0.2) is 11.8 Å². The number of nitrogens with two attached hydrogens (primary N) is 1. The number of nitrogens with zero attached hydrogens (tertiary/aromatic N) is 3. The van der Waals surface area contributed by atoms with E-state index >= 15 is 0 Å². The maximum Gasteiger partial charge on any atom is 0.433 e. The molecule has 0 aliphatic carbocycles. The van der Waals surface area contributed by atoms with Crippen molar-refractivity contribution >= 4 is 29.3 Å². The first kappa shape index (κ1) is 27.1. The van der Waals surface area contributed by atoms with Crippen molar-refractivity contribution in [2.75, 3.05) is 12.4 Å². The van der Waals surface area contributed by atoms with Crippen molar-refractivity contribution in [3.05, 3.63) is 73.9 Å². The van der Waals surface area contributed by atoms with Crippen LogP contribution in [0.1, 0.15) is 19.5 Å². The Morgan fingerprint density at radius 1 is 1.25 bits per heavy atom. The molecule has 0 bridgehead atoms. The van der Waals surface area contributed by atoms with E-state index in [9.17, 15) is 31.9 Å². The summed E-state index contributed by atoms with van der Waals surface area (Å²) in [4.78, 5) is 41.2. The zero-order valence-corrected chi connectivity index (χ0v) is 20.1. The minimum atomic E-state index is -5.09. The largest absolute Gasteiger partial charge is 0.463 e. The van der Waals surface area contributed by atoms with Crippen LogP contribution >= 0.6 is 23.4 Å². The van der Waals surface area contributed by atoms with E-state index in [1.165, 1.54) is 19.2 Å². The monoisotopic (exact) mass is 548 g/mol. The molecule has 0 amide bonds. The molecule has 3 rings (SSSR count). The van der Waals surface area contributed by atoms with Gasteiger partial charge in [0.05, 0.1) is 22.2 Å². The molecule has 36 heavy (non-hydrogen) atoms. The molecule has 3 aromatic rings. The lowest BCUT2D eigenvalue weighted by atomic mass is 10.3. The lowest BCUT2D eigenvalue weighted by Gasteiger charge is -2.16. The molecule has 15 heteroatoms. The van der Waals surface area contributed by atoms with Gasteiger partial charge in [-0.05, 0) is 38.1 Å². The van der Waals surface area contributed by atoms with Gasteiger partial charge in [0.2, 0.25) is 5.88 Å². The third-order valence-electron chi connectivity index (χ3n) is 4.53. The zero-order valence-electron chi connectivity index (χ0n) is 18.5. The molecule has 0 fully saturated rings. The molecule has 0 spiro atoms. The fraction of sp³-hybridized carbons (Fsp3) is 0.238. The average molecular weight is 549 g/mol. The normalized spacial score (nSPS) is 12.3. The maximum atomic E-state index is 14.7. The number of aromatic nitrogens is 3. The number of pyridine rings is 1. The number of carbonyl (C=O) groups is 1. The standard InChI is InChI=1S/C21H17ClF4N4O5S/c1-3-34-19(32)10(2)35-18-14(5-4-6-28-18)36-15-8-13(12(23)7-11(15)22)29-17(31)9-16(21(24,25)26)30(27)20(29)33/h4-10H,3,27H2,1-2H3. The van der Waals surface area contributed by atoms with Crippen LogP contribution in [0, 0.1) is 5.82 Å². The van der Waals surface area contributed by atoms with Crippen LogP contribution in [0.4, 0.5) is 17.6 Å². The van der Waals surface area contributed by atoms with Gasteiger partial charge < -0.3 is 15.3 Å². The topological polar surface area (TPSA) is 118 Å². The molecule has 1 atom stereocenters. The van der Waals surface area contributed by atoms with Crippen molar-refractivity contribution < 1.29 is 31.8 Å². The number of ether oxygens (including phenoxy) is 2. The highest BCUT2D eigenvalue weighted by atomic mass is 35.5. The van der Waals surface area contributed by atoms with Crippen molar-refractivity contribution in [2.45, 2.75) is 35.9 Å². The number of carbonyl (C=O) groups excluding carboxylic acids is 1. The van der Waals surface area contributed by atoms with Crippen molar-refractivity contribution in [3.63, 3.8) is 0 Å². The van der Waals surface area contributed by atoms with Crippen molar-refractivity contribution in [2.24, 2.45) is 0 Å². The number of halogens is 5. The van der Waals surface area contributed by atoms with Crippen LogP contribution in [0.3, 0.4) is 0 Å². The van der Waals surface area contributed by atoms with Crippen LogP contribution in [0.2, 0.25) is 5.02 Å². The Bertz CT molecular complexity index is 1430. The highest BCUT2D eigenvalue weighted by Gasteiger charge is 2.36. The van der Waals surface area contributed by atoms with Gasteiger partial charge in [0, 0.05) is 17.2 Å². The predicted octanol–water partition coefficient (Wildman–Crippen LogP) is 3.40. The van der Waals surface area contributed by atoms with E-state index in [0.29, 0.717) is 4.90 Å². The first-order valence-electron chi connectivity index (χ1n) is 10.0. The molecule has 2 aromatic heterocycles. The Balaban J connectivity index is 2.06. The van der Waals surface area contributed by atoms with Crippen LogP contribution in [0.25, 0.3) is 5.69 Å². The average Bonchev–Trinajstić information content (AvgIpc) is 2.79. The van der Waals surface area contributed by atoms with Gasteiger partial charge in [-0.15, -0.1) is 0 Å². The molecule has 1 unspecified atom stereocenters.